The predicted molar refractivity (Wildman–Crippen MR) is 54.7 cm³/mol. The minimum absolute atomic E-state index is 0.795. The van der Waals surface area contributed by atoms with E-state index in [0.717, 1.165) is 24.2 Å². The minimum Gasteiger partial charge on any atom is -0.411 e. The molecule has 0 heterocycles. The van der Waals surface area contributed by atoms with Crippen molar-refractivity contribution < 1.29 is 4.84 Å². The first-order chi connectivity index (χ1) is 6.19. The summed E-state index contributed by atoms with van der Waals surface area (Å²) in [6, 6.07) is 4.22. The molecule has 0 aliphatic heterocycles. The predicted octanol–water partition coefficient (Wildman–Crippen LogP) is 2.51. The number of rotatable bonds is 3. The van der Waals surface area contributed by atoms with Gasteiger partial charge in [0, 0.05) is 0 Å². The lowest BCUT2D eigenvalue weighted by Gasteiger charge is -2.09. The SMILES string of the molecule is CCCc1cc(C)c(C)c(ON)c1. The largest absolute Gasteiger partial charge is 0.411 e. The fraction of sp³-hybridized carbons (Fsp3) is 0.455. The summed E-state index contributed by atoms with van der Waals surface area (Å²) in [6.45, 7) is 6.27. The molecule has 0 atom stereocenters. The normalized spacial score (nSPS) is 10.2. The third-order valence-electron chi connectivity index (χ3n) is 2.35. The van der Waals surface area contributed by atoms with Crippen molar-refractivity contribution in [3.63, 3.8) is 0 Å². The van der Waals surface area contributed by atoms with Crippen LogP contribution in [-0.2, 0) is 6.42 Å². The smallest absolute Gasteiger partial charge is 0.150 e. The number of hydrogen-bond donors (Lipinski definition) is 1. The molecule has 0 spiro atoms. The van der Waals surface area contributed by atoms with Crippen LogP contribution in [-0.4, -0.2) is 0 Å². The molecule has 2 heteroatoms. The highest BCUT2D eigenvalue weighted by molar-refractivity contribution is 5.42. The van der Waals surface area contributed by atoms with Crippen LogP contribution in [0.25, 0.3) is 0 Å². The van der Waals surface area contributed by atoms with E-state index in [9.17, 15) is 0 Å². The second kappa shape index (κ2) is 4.28. The van der Waals surface area contributed by atoms with Gasteiger partial charge >= 0.3 is 0 Å². The van der Waals surface area contributed by atoms with Crippen molar-refractivity contribution in [3.05, 3.63) is 28.8 Å². The van der Waals surface area contributed by atoms with E-state index in [1.807, 2.05) is 13.0 Å². The average molecular weight is 179 g/mol. The molecule has 2 N–H and O–H groups in total. The summed E-state index contributed by atoms with van der Waals surface area (Å²) in [5.74, 6) is 5.98. The molecule has 0 aliphatic rings. The lowest BCUT2D eigenvalue weighted by atomic mass is 10.0. The van der Waals surface area contributed by atoms with Crippen molar-refractivity contribution in [3.8, 4) is 5.75 Å². The maximum Gasteiger partial charge on any atom is 0.150 e. The number of benzene rings is 1. The fourth-order valence-electron chi connectivity index (χ4n) is 1.45. The van der Waals surface area contributed by atoms with Crippen LogP contribution in [0, 0.1) is 13.8 Å². The highest BCUT2D eigenvalue weighted by Crippen LogP contribution is 2.23. The highest BCUT2D eigenvalue weighted by Gasteiger charge is 2.04. The summed E-state index contributed by atoms with van der Waals surface area (Å²) >= 11 is 0. The molecule has 0 saturated heterocycles. The topological polar surface area (TPSA) is 35.2 Å². The van der Waals surface area contributed by atoms with E-state index in [0.29, 0.717) is 0 Å². The Kier molecular flexibility index (Phi) is 3.32. The average Bonchev–Trinajstić information content (AvgIpc) is 2.11. The van der Waals surface area contributed by atoms with Gasteiger partial charge in [-0.3, -0.25) is 0 Å². The summed E-state index contributed by atoms with van der Waals surface area (Å²) in [6.07, 6.45) is 2.23. The van der Waals surface area contributed by atoms with Gasteiger partial charge < -0.3 is 4.84 Å². The molecular formula is C11H17NO. The Morgan fingerprint density at radius 3 is 2.54 bits per heavy atom. The number of hydrogen-bond acceptors (Lipinski definition) is 2. The lowest BCUT2D eigenvalue weighted by molar-refractivity contribution is 0.331. The molecule has 0 aromatic heterocycles. The Morgan fingerprint density at radius 2 is 2.00 bits per heavy atom. The molecule has 0 unspecified atom stereocenters. The Morgan fingerprint density at radius 1 is 1.31 bits per heavy atom. The van der Waals surface area contributed by atoms with Gasteiger partial charge in [0.1, 0.15) is 5.75 Å². The van der Waals surface area contributed by atoms with E-state index in [1.54, 1.807) is 0 Å². The first-order valence-electron chi connectivity index (χ1n) is 4.66. The first-order valence-corrected chi connectivity index (χ1v) is 4.66. The summed E-state index contributed by atoms with van der Waals surface area (Å²) in [4.78, 5) is 4.81. The highest BCUT2D eigenvalue weighted by atomic mass is 16.6. The summed E-state index contributed by atoms with van der Waals surface area (Å²) in [7, 11) is 0. The summed E-state index contributed by atoms with van der Waals surface area (Å²) in [5.41, 5.74) is 3.67. The molecule has 1 rings (SSSR count). The minimum atomic E-state index is 0.795. The van der Waals surface area contributed by atoms with Crippen LogP contribution in [0.3, 0.4) is 0 Å². The molecule has 0 amide bonds. The van der Waals surface area contributed by atoms with Gasteiger partial charge in [0.15, 0.2) is 0 Å². The van der Waals surface area contributed by atoms with E-state index in [4.69, 9.17) is 10.7 Å². The van der Waals surface area contributed by atoms with Gasteiger partial charge in [-0.1, -0.05) is 19.4 Å². The van der Waals surface area contributed by atoms with Crippen LogP contribution in [0.1, 0.15) is 30.0 Å². The van der Waals surface area contributed by atoms with Crippen LogP contribution in [0.4, 0.5) is 0 Å². The van der Waals surface area contributed by atoms with Crippen LogP contribution < -0.4 is 10.7 Å². The Balaban J connectivity index is 3.06. The third-order valence-corrected chi connectivity index (χ3v) is 2.35. The van der Waals surface area contributed by atoms with E-state index < -0.39 is 0 Å². The van der Waals surface area contributed by atoms with Crippen molar-refractivity contribution in [1.82, 2.24) is 0 Å². The Bertz CT molecular complexity index is 294. The zero-order chi connectivity index (χ0) is 9.84. The molecule has 0 radical (unpaired) electrons. The zero-order valence-corrected chi connectivity index (χ0v) is 8.55. The molecule has 72 valence electrons. The summed E-state index contributed by atoms with van der Waals surface area (Å²) < 4.78 is 0. The third kappa shape index (κ3) is 2.22. The molecule has 2 nitrogen and oxygen atoms in total. The molecular weight excluding hydrogens is 162 g/mol. The zero-order valence-electron chi connectivity index (χ0n) is 8.55. The van der Waals surface area contributed by atoms with Gasteiger partial charge in [-0.15, -0.1) is 0 Å². The van der Waals surface area contributed by atoms with E-state index >= 15 is 0 Å². The van der Waals surface area contributed by atoms with Gasteiger partial charge in [0.05, 0.1) is 0 Å². The van der Waals surface area contributed by atoms with Crippen LogP contribution >= 0.6 is 0 Å². The van der Waals surface area contributed by atoms with Gasteiger partial charge in [0.25, 0.3) is 0 Å². The number of aryl methyl sites for hydroxylation is 2. The Labute approximate surface area is 79.7 Å². The molecule has 13 heavy (non-hydrogen) atoms. The summed E-state index contributed by atoms with van der Waals surface area (Å²) in [5, 5.41) is 0. The van der Waals surface area contributed by atoms with Crippen LogP contribution in [0.2, 0.25) is 0 Å². The molecule has 0 saturated carbocycles. The van der Waals surface area contributed by atoms with Crippen molar-refractivity contribution in [2.75, 3.05) is 0 Å². The van der Waals surface area contributed by atoms with Crippen molar-refractivity contribution in [1.29, 1.82) is 0 Å². The molecule has 1 aromatic carbocycles. The maximum atomic E-state index is 5.18. The standard InChI is InChI=1S/C11H17NO/c1-4-5-10-6-8(2)9(3)11(7-10)13-12/h6-7H,4-5,12H2,1-3H3. The van der Waals surface area contributed by atoms with Gasteiger partial charge in [-0.05, 0) is 43.0 Å². The monoisotopic (exact) mass is 179 g/mol. The van der Waals surface area contributed by atoms with Gasteiger partial charge in [0.2, 0.25) is 0 Å². The fourth-order valence-corrected chi connectivity index (χ4v) is 1.45. The maximum absolute atomic E-state index is 5.18. The van der Waals surface area contributed by atoms with Crippen molar-refractivity contribution in [2.45, 2.75) is 33.6 Å². The number of nitrogens with two attached hydrogens (primary N) is 1. The van der Waals surface area contributed by atoms with Gasteiger partial charge in [-0.25, -0.2) is 0 Å². The van der Waals surface area contributed by atoms with Gasteiger partial charge in [-0.2, -0.15) is 5.90 Å². The first kappa shape index (κ1) is 10.1. The van der Waals surface area contributed by atoms with Crippen molar-refractivity contribution in [2.24, 2.45) is 5.90 Å². The van der Waals surface area contributed by atoms with E-state index in [1.165, 1.54) is 11.1 Å². The Hall–Kier alpha value is -1.02. The molecule has 0 bridgehead atoms. The van der Waals surface area contributed by atoms with E-state index in [2.05, 4.69) is 19.9 Å². The van der Waals surface area contributed by atoms with Crippen LogP contribution in [0.15, 0.2) is 12.1 Å². The lowest BCUT2D eigenvalue weighted by Crippen LogP contribution is -2.05. The van der Waals surface area contributed by atoms with Crippen molar-refractivity contribution >= 4 is 0 Å². The van der Waals surface area contributed by atoms with Crippen LogP contribution in [0.5, 0.6) is 5.75 Å². The molecule has 0 aliphatic carbocycles. The second-order valence-corrected chi connectivity index (χ2v) is 3.40. The second-order valence-electron chi connectivity index (χ2n) is 3.40. The molecule has 0 fully saturated rings. The quantitative estimate of drug-likeness (QED) is 0.723. The van der Waals surface area contributed by atoms with E-state index in [-0.39, 0.29) is 0 Å². The molecule has 1 aromatic rings.